The summed E-state index contributed by atoms with van der Waals surface area (Å²) in [6, 6.07) is 0. The molecule has 3 nitrogen and oxygen atoms in total. The Morgan fingerprint density at radius 3 is 2.29 bits per heavy atom. The van der Waals surface area contributed by atoms with Gasteiger partial charge in [0.1, 0.15) is 15.6 Å². The van der Waals surface area contributed by atoms with Crippen molar-refractivity contribution in [2.45, 2.75) is 36.8 Å². The highest BCUT2D eigenvalue weighted by Crippen LogP contribution is 2.48. The minimum absolute atomic E-state index is 0.00673. The molecule has 0 N–H and O–H groups in total. The Kier molecular flexibility index (Phi) is 4.08. The fourth-order valence-electron chi connectivity index (χ4n) is 3.42. The van der Waals surface area contributed by atoms with Crippen molar-refractivity contribution in [1.29, 1.82) is 0 Å². The molecule has 98 valence electrons. The van der Waals surface area contributed by atoms with E-state index in [1.165, 1.54) is 12.8 Å². The average molecular weight is 256 g/mol. The highest BCUT2D eigenvalue weighted by Gasteiger charge is 2.45. The van der Waals surface area contributed by atoms with Gasteiger partial charge in [-0.1, -0.05) is 12.2 Å². The third kappa shape index (κ3) is 2.36. The van der Waals surface area contributed by atoms with Crippen molar-refractivity contribution in [2.24, 2.45) is 11.8 Å². The van der Waals surface area contributed by atoms with E-state index in [-0.39, 0.29) is 6.10 Å². The van der Waals surface area contributed by atoms with Crippen molar-refractivity contribution in [3.05, 3.63) is 12.2 Å². The second kappa shape index (κ2) is 5.22. The molecule has 0 aliphatic heterocycles. The predicted molar refractivity (Wildman–Crippen MR) is 70.9 cm³/mol. The van der Waals surface area contributed by atoms with E-state index >= 15 is 0 Å². The van der Waals surface area contributed by atoms with E-state index in [9.17, 15) is 0 Å². The zero-order valence-electron chi connectivity index (χ0n) is 11.3. The summed E-state index contributed by atoms with van der Waals surface area (Å²) in [6.45, 7) is 2.04. The smallest absolute Gasteiger partial charge is 0.169 e. The topological polar surface area (TPSA) is 27.7 Å². The van der Waals surface area contributed by atoms with Gasteiger partial charge in [-0.3, -0.25) is 0 Å². The van der Waals surface area contributed by atoms with Crippen molar-refractivity contribution in [3.8, 4) is 0 Å². The van der Waals surface area contributed by atoms with Crippen molar-refractivity contribution in [2.75, 3.05) is 21.3 Å². The number of fused-ring (bicyclic) bond motifs is 2. The van der Waals surface area contributed by atoms with Crippen LogP contribution in [-0.4, -0.2) is 42.4 Å². The van der Waals surface area contributed by atoms with Gasteiger partial charge in [0, 0.05) is 21.3 Å². The second-order valence-corrected chi connectivity index (χ2v) is 7.79. The Morgan fingerprint density at radius 1 is 1.18 bits per heavy atom. The maximum atomic E-state index is 5.70. The summed E-state index contributed by atoms with van der Waals surface area (Å²) in [5.41, 5.74) is 0.347. The lowest BCUT2D eigenvalue weighted by atomic mass is 10.1. The van der Waals surface area contributed by atoms with Crippen LogP contribution in [0.5, 0.6) is 0 Å². The van der Waals surface area contributed by atoms with Crippen LogP contribution in [0.25, 0.3) is 0 Å². The van der Waals surface area contributed by atoms with Gasteiger partial charge in [0.2, 0.25) is 0 Å². The first-order valence-corrected chi connectivity index (χ1v) is 7.99. The average Bonchev–Trinajstić information content (AvgIpc) is 2.97. The third-order valence-electron chi connectivity index (χ3n) is 4.63. The summed E-state index contributed by atoms with van der Waals surface area (Å²) < 4.78 is 16.9. The Labute approximate surface area is 106 Å². The van der Waals surface area contributed by atoms with Crippen molar-refractivity contribution in [3.63, 3.8) is 0 Å². The third-order valence-corrected chi connectivity index (χ3v) is 7.81. The van der Waals surface area contributed by atoms with Crippen LogP contribution in [-0.2, 0) is 14.2 Å². The van der Waals surface area contributed by atoms with Crippen LogP contribution >= 0.6 is 0 Å². The van der Waals surface area contributed by atoms with Gasteiger partial charge in [-0.25, -0.2) is 0 Å². The van der Waals surface area contributed by atoms with Crippen LogP contribution in [0, 0.1) is 11.8 Å². The maximum absolute atomic E-state index is 5.70. The molecular weight excluding hydrogens is 232 g/mol. The molecule has 0 heterocycles. The first-order chi connectivity index (χ1) is 8.15. The first-order valence-electron chi connectivity index (χ1n) is 6.46. The summed E-state index contributed by atoms with van der Waals surface area (Å²) in [5.74, 6) is 1.60. The molecule has 2 bridgehead atoms. The Morgan fingerprint density at radius 2 is 1.88 bits per heavy atom. The number of allylic oxidation sites excluding steroid dienone is 2. The van der Waals surface area contributed by atoms with Crippen LogP contribution in [0.1, 0.15) is 19.8 Å². The van der Waals surface area contributed by atoms with Gasteiger partial charge in [0.25, 0.3) is 0 Å². The lowest BCUT2D eigenvalue weighted by Crippen LogP contribution is -2.52. The lowest BCUT2D eigenvalue weighted by molar-refractivity contribution is -0.206. The highest BCUT2D eigenvalue weighted by atomic mass is 28.2. The number of hydrogen-bond donors (Lipinski definition) is 0. The number of ether oxygens (including phenoxy) is 3. The zero-order valence-corrected chi connectivity index (χ0v) is 12.7. The zero-order chi connectivity index (χ0) is 12.5. The van der Waals surface area contributed by atoms with Crippen molar-refractivity contribution < 1.29 is 14.2 Å². The van der Waals surface area contributed by atoms with Gasteiger partial charge in [-0.2, -0.15) is 0 Å². The lowest BCUT2D eigenvalue weighted by Gasteiger charge is -2.38. The summed E-state index contributed by atoms with van der Waals surface area (Å²) in [5, 5.41) is 0. The van der Waals surface area contributed by atoms with E-state index in [1.54, 1.807) is 21.3 Å². The van der Waals surface area contributed by atoms with Gasteiger partial charge < -0.3 is 14.2 Å². The monoisotopic (exact) mass is 256 g/mol. The van der Waals surface area contributed by atoms with Crippen LogP contribution in [0.4, 0.5) is 0 Å². The number of rotatable bonds is 6. The van der Waals surface area contributed by atoms with Gasteiger partial charge in [-0.15, -0.1) is 0 Å². The Balaban J connectivity index is 2.05. The van der Waals surface area contributed by atoms with Gasteiger partial charge in [0.05, 0.1) is 0 Å². The predicted octanol–water partition coefficient (Wildman–Crippen LogP) is 1.52. The second-order valence-electron chi connectivity index (χ2n) is 5.34. The van der Waals surface area contributed by atoms with E-state index < -0.39 is 14.9 Å². The minimum atomic E-state index is -0.512. The molecule has 0 amide bonds. The van der Waals surface area contributed by atoms with Gasteiger partial charge >= 0.3 is 0 Å². The highest BCUT2D eigenvalue weighted by molar-refractivity contribution is 6.41. The number of methoxy groups -OCH3 is 3. The van der Waals surface area contributed by atoms with Crippen LogP contribution in [0.2, 0.25) is 5.54 Å². The molecule has 0 radical (unpaired) electrons. The first kappa shape index (κ1) is 13.3. The van der Waals surface area contributed by atoms with E-state index in [4.69, 9.17) is 14.2 Å². The molecule has 0 saturated heterocycles. The van der Waals surface area contributed by atoms with Crippen LogP contribution in [0.15, 0.2) is 12.2 Å². The van der Waals surface area contributed by atoms with E-state index in [1.807, 2.05) is 6.92 Å². The normalized spacial score (nSPS) is 34.0. The van der Waals surface area contributed by atoms with Crippen molar-refractivity contribution in [1.82, 2.24) is 0 Å². The van der Waals surface area contributed by atoms with E-state index in [2.05, 4.69) is 12.2 Å². The molecule has 4 unspecified atom stereocenters. The summed E-state index contributed by atoms with van der Waals surface area (Å²) in [4.78, 5) is 0. The molecular formula is C13H24O3Si. The molecule has 1 fully saturated rings. The van der Waals surface area contributed by atoms with Crippen molar-refractivity contribution >= 4 is 9.52 Å². The minimum Gasteiger partial charge on any atom is -0.377 e. The molecule has 4 heteroatoms. The van der Waals surface area contributed by atoms with E-state index in [0.29, 0.717) is 0 Å². The van der Waals surface area contributed by atoms with Crippen LogP contribution < -0.4 is 0 Å². The van der Waals surface area contributed by atoms with E-state index in [0.717, 1.165) is 17.4 Å². The Bertz CT molecular complexity index is 288. The summed E-state index contributed by atoms with van der Waals surface area (Å²) in [6.07, 6.45) is 7.48. The molecule has 17 heavy (non-hydrogen) atoms. The molecule has 1 saturated carbocycles. The fraction of sp³-hybridized carbons (Fsp3) is 0.846. The SMILES string of the molecule is COC(C)C(OC)(OC)[SiH2]C1CC2C=CC1C2. The van der Waals surface area contributed by atoms with Gasteiger partial charge in [0.15, 0.2) is 5.41 Å². The molecule has 0 aromatic heterocycles. The molecule has 0 spiro atoms. The van der Waals surface area contributed by atoms with Gasteiger partial charge in [-0.05, 0) is 37.1 Å². The summed E-state index contributed by atoms with van der Waals surface area (Å²) >= 11 is 0. The largest absolute Gasteiger partial charge is 0.377 e. The Hall–Kier alpha value is -0.163. The molecule has 4 atom stereocenters. The standard InChI is InChI=1S/C13H24O3Si/c1-9(14-2)13(15-3,16-4)17-12-8-10-5-6-11(12)7-10/h5-6,9-12H,7-8,17H2,1-4H3. The summed E-state index contributed by atoms with van der Waals surface area (Å²) in [7, 11) is 4.71. The molecule has 2 aliphatic rings. The quantitative estimate of drug-likeness (QED) is 0.410. The maximum Gasteiger partial charge on any atom is 0.169 e. The van der Waals surface area contributed by atoms with Crippen LogP contribution in [0.3, 0.4) is 0 Å². The molecule has 0 aromatic rings. The molecule has 2 aliphatic carbocycles. The molecule has 2 rings (SSSR count). The molecule has 0 aromatic carbocycles. The number of hydrogen-bond acceptors (Lipinski definition) is 3. The fourth-order valence-corrected chi connectivity index (χ4v) is 6.23.